The van der Waals surface area contributed by atoms with Gasteiger partial charge >= 0.3 is 0 Å². The average Bonchev–Trinajstić information content (AvgIpc) is 2.78. The summed E-state index contributed by atoms with van der Waals surface area (Å²) in [5, 5.41) is 14.4. The van der Waals surface area contributed by atoms with Crippen LogP contribution in [0.4, 0.5) is 8.78 Å². The van der Waals surface area contributed by atoms with E-state index in [1.165, 1.54) is 17.3 Å². The van der Waals surface area contributed by atoms with Gasteiger partial charge in [-0.1, -0.05) is 6.07 Å². The fraction of sp³-hybridized carbons (Fsp3) is 0.333. The minimum absolute atomic E-state index is 0.315. The monoisotopic (exact) mass is 317 g/mol. The highest BCUT2D eigenvalue weighted by atomic mass is 32.2. The number of aromatic nitrogens is 3. The normalized spacial score (nSPS) is 14.9. The minimum Gasteiger partial charge on any atom is -0.382 e. The summed E-state index contributed by atoms with van der Waals surface area (Å²) in [4.78, 5) is 3.67. The zero-order valence-electron chi connectivity index (χ0n) is 11.1. The predicted octanol–water partition coefficient (Wildman–Crippen LogP) is 0.489. The molecule has 0 amide bonds. The van der Waals surface area contributed by atoms with E-state index in [9.17, 15) is 22.3 Å². The molecule has 114 valence electrons. The average molecular weight is 317 g/mol. The van der Waals surface area contributed by atoms with Crippen LogP contribution in [0.1, 0.15) is 5.56 Å². The van der Waals surface area contributed by atoms with Gasteiger partial charge in [0.25, 0.3) is 0 Å². The van der Waals surface area contributed by atoms with Crippen LogP contribution in [-0.2, 0) is 22.0 Å². The first-order valence-electron chi connectivity index (χ1n) is 5.88. The summed E-state index contributed by atoms with van der Waals surface area (Å²) in [5.41, 5.74) is -2.40. The summed E-state index contributed by atoms with van der Waals surface area (Å²) in [7, 11) is -3.63. The number of rotatable bonds is 5. The van der Waals surface area contributed by atoms with E-state index in [1.807, 2.05) is 0 Å². The minimum atomic E-state index is -3.63. The van der Waals surface area contributed by atoms with Crippen LogP contribution in [0.15, 0.2) is 30.9 Å². The number of nitrogens with zero attached hydrogens (tertiary/aromatic N) is 3. The second kappa shape index (κ2) is 5.49. The molecule has 21 heavy (non-hydrogen) atoms. The predicted molar refractivity (Wildman–Crippen MR) is 70.0 cm³/mol. The van der Waals surface area contributed by atoms with Gasteiger partial charge in [0.1, 0.15) is 29.9 Å². The second-order valence-electron chi connectivity index (χ2n) is 4.82. The molecule has 1 aromatic carbocycles. The van der Waals surface area contributed by atoms with Crippen LogP contribution in [0.3, 0.4) is 0 Å². The van der Waals surface area contributed by atoms with Crippen molar-refractivity contribution in [1.82, 2.24) is 14.8 Å². The van der Waals surface area contributed by atoms with Crippen LogP contribution >= 0.6 is 0 Å². The van der Waals surface area contributed by atoms with Crippen LogP contribution in [0.25, 0.3) is 0 Å². The third-order valence-electron chi connectivity index (χ3n) is 2.82. The molecule has 2 aromatic rings. The molecule has 0 radical (unpaired) electrons. The van der Waals surface area contributed by atoms with Gasteiger partial charge in [-0.2, -0.15) is 5.10 Å². The van der Waals surface area contributed by atoms with Gasteiger partial charge in [-0.15, -0.1) is 0 Å². The van der Waals surface area contributed by atoms with Gasteiger partial charge in [0.2, 0.25) is 0 Å². The van der Waals surface area contributed by atoms with E-state index in [0.717, 1.165) is 18.4 Å². The molecule has 1 heterocycles. The molecule has 9 heteroatoms. The van der Waals surface area contributed by atoms with Crippen molar-refractivity contribution in [2.45, 2.75) is 12.1 Å². The summed E-state index contributed by atoms with van der Waals surface area (Å²) in [5.74, 6) is -2.58. The molecule has 1 N–H and O–H groups in total. The Morgan fingerprint density at radius 2 is 2.10 bits per heavy atom. The van der Waals surface area contributed by atoms with Gasteiger partial charge in [0.05, 0.1) is 12.3 Å². The van der Waals surface area contributed by atoms with Gasteiger partial charge in [0.15, 0.2) is 9.84 Å². The molecule has 0 saturated heterocycles. The summed E-state index contributed by atoms with van der Waals surface area (Å²) in [6, 6.07) is 2.56. The number of hydrogen-bond acceptors (Lipinski definition) is 5. The van der Waals surface area contributed by atoms with Gasteiger partial charge in [-0.05, 0) is 6.07 Å². The van der Waals surface area contributed by atoms with Gasteiger partial charge in [-0.25, -0.2) is 26.9 Å². The van der Waals surface area contributed by atoms with Crippen molar-refractivity contribution in [2.24, 2.45) is 0 Å². The molecule has 0 aliphatic carbocycles. The van der Waals surface area contributed by atoms with Gasteiger partial charge < -0.3 is 5.11 Å². The van der Waals surface area contributed by atoms with E-state index >= 15 is 0 Å². The maximum Gasteiger partial charge on any atom is 0.150 e. The van der Waals surface area contributed by atoms with Crippen molar-refractivity contribution in [1.29, 1.82) is 0 Å². The summed E-state index contributed by atoms with van der Waals surface area (Å²) in [6.07, 6.45) is 3.37. The Balaban J connectivity index is 2.48. The molecule has 1 atom stereocenters. The van der Waals surface area contributed by atoms with Crippen LogP contribution in [0.5, 0.6) is 0 Å². The molecule has 1 unspecified atom stereocenters. The number of aliphatic hydroxyl groups is 1. The molecule has 0 spiro atoms. The Kier molecular flexibility index (Phi) is 4.06. The fourth-order valence-electron chi connectivity index (χ4n) is 2.09. The Morgan fingerprint density at radius 1 is 1.38 bits per heavy atom. The summed E-state index contributed by atoms with van der Waals surface area (Å²) < 4.78 is 51.1. The third kappa shape index (κ3) is 3.82. The van der Waals surface area contributed by atoms with Crippen LogP contribution in [0.2, 0.25) is 0 Å². The van der Waals surface area contributed by atoms with E-state index < -0.39 is 32.8 Å². The highest BCUT2D eigenvalue weighted by Gasteiger charge is 2.37. The Bertz CT molecular complexity index is 734. The van der Waals surface area contributed by atoms with Crippen molar-refractivity contribution in [3.05, 3.63) is 48.1 Å². The van der Waals surface area contributed by atoms with Gasteiger partial charge in [0, 0.05) is 17.9 Å². The first-order chi connectivity index (χ1) is 9.70. The molecule has 2 rings (SSSR count). The van der Waals surface area contributed by atoms with E-state index in [2.05, 4.69) is 10.1 Å². The van der Waals surface area contributed by atoms with Crippen molar-refractivity contribution < 1.29 is 22.3 Å². The topological polar surface area (TPSA) is 85.1 Å². The van der Waals surface area contributed by atoms with Crippen LogP contribution in [0, 0.1) is 11.6 Å². The quantitative estimate of drug-likeness (QED) is 0.867. The maximum atomic E-state index is 13.9. The van der Waals surface area contributed by atoms with Crippen LogP contribution < -0.4 is 0 Å². The number of hydrogen-bond donors (Lipinski definition) is 1. The van der Waals surface area contributed by atoms with E-state index in [0.29, 0.717) is 6.07 Å². The van der Waals surface area contributed by atoms with Crippen molar-refractivity contribution in [3.8, 4) is 0 Å². The summed E-state index contributed by atoms with van der Waals surface area (Å²) in [6.45, 7) is -0.331. The molecule has 1 aromatic heterocycles. The molecule has 0 saturated carbocycles. The maximum absolute atomic E-state index is 13.9. The fourth-order valence-corrected chi connectivity index (χ4v) is 3.21. The van der Waals surface area contributed by atoms with Crippen molar-refractivity contribution >= 4 is 9.84 Å². The van der Waals surface area contributed by atoms with E-state index in [1.54, 1.807) is 0 Å². The Hall–Kier alpha value is -1.87. The molecular formula is C12H13F2N3O3S. The Labute approximate surface area is 120 Å². The van der Waals surface area contributed by atoms with E-state index in [4.69, 9.17) is 0 Å². The molecule has 6 nitrogen and oxygen atoms in total. The highest BCUT2D eigenvalue weighted by Crippen LogP contribution is 2.28. The summed E-state index contributed by atoms with van der Waals surface area (Å²) >= 11 is 0. The SMILES string of the molecule is CS(=O)(=O)CC(O)(Cn1cncn1)c1ccc(F)cc1F. The zero-order chi connectivity index (χ0) is 15.7. The lowest BCUT2D eigenvalue weighted by Crippen LogP contribution is -2.39. The smallest absolute Gasteiger partial charge is 0.150 e. The first-order valence-corrected chi connectivity index (χ1v) is 7.94. The zero-order valence-corrected chi connectivity index (χ0v) is 11.9. The van der Waals surface area contributed by atoms with Crippen LogP contribution in [-0.4, -0.2) is 40.3 Å². The highest BCUT2D eigenvalue weighted by molar-refractivity contribution is 7.90. The molecule has 0 aliphatic heterocycles. The molecule has 0 fully saturated rings. The van der Waals surface area contributed by atoms with E-state index in [-0.39, 0.29) is 12.1 Å². The second-order valence-corrected chi connectivity index (χ2v) is 6.96. The Morgan fingerprint density at radius 3 is 2.62 bits per heavy atom. The van der Waals surface area contributed by atoms with Crippen molar-refractivity contribution in [3.63, 3.8) is 0 Å². The lowest BCUT2D eigenvalue weighted by atomic mass is 9.95. The molecule has 0 bridgehead atoms. The molecule has 0 aliphatic rings. The van der Waals surface area contributed by atoms with Gasteiger partial charge in [-0.3, -0.25) is 0 Å². The molecular weight excluding hydrogens is 304 g/mol. The third-order valence-corrected chi connectivity index (χ3v) is 3.83. The lowest BCUT2D eigenvalue weighted by molar-refractivity contribution is 0.0344. The standard InChI is InChI=1S/C12H13F2N3O3S/c1-21(19,20)6-12(18,5-17-8-15-7-16-17)10-3-2-9(13)4-11(10)14/h2-4,7-8,18H,5-6H2,1H3. The number of sulfone groups is 1. The lowest BCUT2D eigenvalue weighted by Gasteiger charge is -2.28. The number of halogens is 2. The number of benzene rings is 1. The first kappa shape index (κ1) is 15.5. The largest absolute Gasteiger partial charge is 0.382 e. The van der Waals surface area contributed by atoms with Crippen molar-refractivity contribution in [2.75, 3.05) is 12.0 Å².